The molecule has 1 aromatic rings. The molecule has 1 unspecified atom stereocenters. The van der Waals surface area contributed by atoms with Gasteiger partial charge in [0, 0.05) is 25.7 Å². The third-order valence-electron chi connectivity index (χ3n) is 3.82. The first-order chi connectivity index (χ1) is 10.2. The van der Waals surface area contributed by atoms with Gasteiger partial charge in [-0.15, -0.1) is 0 Å². The number of nitrogens with one attached hydrogen (secondary N) is 1. The highest BCUT2D eigenvalue weighted by Crippen LogP contribution is 2.18. The number of urea groups is 1. The topological polar surface area (TPSA) is 67.6 Å². The Morgan fingerprint density at radius 2 is 2.33 bits per heavy atom. The van der Waals surface area contributed by atoms with Crippen LogP contribution in [-0.2, 0) is 6.54 Å². The zero-order valence-electron chi connectivity index (χ0n) is 12.3. The highest BCUT2D eigenvalue weighted by Gasteiger charge is 2.25. The van der Waals surface area contributed by atoms with Crippen molar-refractivity contribution < 1.29 is 13.9 Å². The highest BCUT2D eigenvalue weighted by molar-refractivity contribution is 5.74. The normalized spacial score (nSPS) is 18.4. The number of halogens is 1. The summed E-state index contributed by atoms with van der Waals surface area (Å²) in [4.78, 5) is 14.0. The fourth-order valence-electron chi connectivity index (χ4n) is 2.61. The summed E-state index contributed by atoms with van der Waals surface area (Å²) in [5.74, 6) is -0.230. The van der Waals surface area contributed by atoms with Crippen LogP contribution in [0.1, 0.15) is 24.8 Å². The predicted octanol–water partition coefficient (Wildman–Crippen LogP) is 1.86. The molecule has 0 radical (unpaired) electrons. The van der Waals surface area contributed by atoms with Crippen molar-refractivity contribution in [2.24, 2.45) is 5.73 Å². The van der Waals surface area contributed by atoms with E-state index in [0.29, 0.717) is 12.1 Å². The molecule has 5 nitrogen and oxygen atoms in total. The zero-order chi connectivity index (χ0) is 15.2. The summed E-state index contributed by atoms with van der Waals surface area (Å²) >= 11 is 0. The summed E-state index contributed by atoms with van der Waals surface area (Å²) in [5, 5.41) is 2.82. The standard InChI is InChI=1S/C15H22FN3O2/c1-21-14-6-5-11(8-13(14)16)10-18-15(20)19-7-3-2-4-12(19)9-17/h5-6,8,12H,2-4,7,9-10,17H2,1H3,(H,18,20). The lowest BCUT2D eigenvalue weighted by atomic mass is 10.0. The molecule has 1 aromatic carbocycles. The molecule has 0 aromatic heterocycles. The minimum atomic E-state index is -0.429. The van der Waals surface area contributed by atoms with E-state index in [0.717, 1.165) is 25.8 Å². The maximum Gasteiger partial charge on any atom is 0.317 e. The largest absolute Gasteiger partial charge is 0.494 e. The van der Waals surface area contributed by atoms with Crippen molar-refractivity contribution in [2.45, 2.75) is 31.8 Å². The second kappa shape index (κ2) is 7.26. The van der Waals surface area contributed by atoms with Crippen LogP contribution in [0, 0.1) is 5.82 Å². The van der Waals surface area contributed by atoms with Crippen molar-refractivity contribution in [1.82, 2.24) is 10.2 Å². The Kier molecular flexibility index (Phi) is 5.38. The molecule has 1 fully saturated rings. The summed E-state index contributed by atoms with van der Waals surface area (Å²) in [6.45, 7) is 1.49. The Morgan fingerprint density at radius 3 is 3.00 bits per heavy atom. The quantitative estimate of drug-likeness (QED) is 0.891. The van der Waals surface area contributed by atoms with E-state index in [1.165, 1.54) is 13.2 Å². The summed E-state index contributed by atoms with van der Waals surface area (Å²) in [5.41, 5.74) is 6.40. The Bertz CT molecular complexity index is 496. The molecule has 1 atom stereocenters. The average Bonchev–Trinajstić information content (AvgIpc) is 2.52. The van der Waals surface area contributed by atoms with E-state index in [9.17, 15) is 9.18 Å². The van der Waals surface area contributed by atoms with Crippen molar-refractivity contribution in [3.05, 3.63) is 29.6 Å². The van der Waals surface area contributed by atoms with Crippen molar-refractivity contribution in [2.75, 3.05) is 20.2 Å². The minimum absolute atomic E-state index is 0.103. The van der Waals surface area contributed by atoms with Gasteiger partial charge >= 0.3 is 6.03 Å². The van der Waals surface area contributed by atoms with E-state index >= 15 is 0 Å². The number of nitrogens with zero attached hydrogens (tertiary/aromatic N) is 1. The molecule has 3 N–H and O–H groups in total. The van der Waals surface area contributed by atoms with Crippen molar-refractivity contribution in [3.8, 4) is 5.75 Å². The Balaban J connectivity index is 1.92. The van der Waals surface area contributed by atoms with Gasteiger partial charge in [-0.25, -0.2) is 9.18 Å². The summed E-state index contributed by atoms with van der Waals surface area (Å²) < 4.78 is 18.4. The molecule has 1 aliphatic rings. The van der Waals surface area contributed by atoms with Gasteiger partial charge in [0.05, 0.1) is 7.11 Å². The van der Waals surface area contributed by atoms with Gasteiger partial charge in [-0.3, -0.25) is 0 Å². The number of amides is 2. The van der Waals surface area contributed by atoms with Crippen LogP contribution in [0.2, 0.25) is 0 Å². The van der Waals surface area contributed by atoms with Gasteiger partial charge in [0.15, 0.2) is 11.6 Å². The van der Waals surface area contributed by atoms with E-state index in [-0.39, 0.29) is 24.4 Å². The van der Waals surface area contributed by atoms with Crippen LogP contribution in [-0.4, -0.2) is 37.2 Å². The number of piperidine rings is 1. The van der Waals surface area contributed by atoms with Crippen LogP contribution < -0.4 is 15.8 Å². The van der Waals surface area contributed by atoms with E-state index in [2.05, 4.69) is 5.32 Å². The molecule has 2 amide bonds. The second-order valence-corrected chi connectivity index (χ2v) is 5.21. The first-order valence-electron chi connectivity index (χ1n) is 7.22. The molecule has 6 heteroatoms. The number of benzene rings is 1. The molecule has 0 saturated carbocycles. The van der Waals surface area contributed by atoms with Crippen molar-refractivity contribution in [3.63, 3.8) is 0 Å². The van der Waals surface area contributed by atoms with Gasteiger partial charge in [-0.2, -0.15) is 0 Å². The van der Waals surface area contributed by atoms with Gasteiger partial charge in [0.2, 0.25) is 0 Å². The van der Waals surface area contributed by atoms with Crippen LogP contribution in [0.25, 0.3) is 0 Å². The maximum atomic E-state index is 13.6. The first kappa shape index (κ1) is 15.6. The number of hydrogen-bond acceptors (Lipinski definition) is 3. The average molecular weight is 295 g/mol. The monoisotopic (exact) mass is 295 g/mol. The van der Waals surface area contributed by atoms with E-state index in [1.54, 1.807) is 17.0 Å². The molecular weight excluding hydrogens is 273 g/mol. The molecule has 0 aliphatic carbocycles. The van der Waals surface area contributed by atoms with Crippen LogP contribution in [0.15, 0.2) is 18.2 Å². The van der Waals surface area contributed by atoms with Crippen molar-refractivity contribution in [1.29, 1.82) is 0 Å². The number of methoxy groups -OCH3 is 1. The fourth-order valence-corrected chi connectivity index (χ4v) is 2.61. The molecule has 21 heavy (non-hydrogen) atoms. The lowest BCUT2D eigenvalue weighted by Gasteiger charge is -2.35. The summed E-state index contributed by atoms with van der Waals surface area (Å²) in [6, 6.07) is 4.63. The molecular formula is C15H22FN3O2. The van der Waals surface area contributed by atoms with Gasteiger partial charge < -0.3 is 20.7 Å². The van der Waals surface area contributed by atoms with Crippen LogP contribution in [0.4, 0.5) is 9.18 Å². The fraction of sp³-hybridized carbons (Fsp3) is 0.533. The summed E-state index contributed by atoms with van der Waals surface area (Å²) in [7, 11) is 1.42. The molecule has 116 valence electrons. The first-order valence-corrected chi connectivity index (χ1v) is 7.22. The van der Waals surface area contributed by atoms with Crippen LogP contribution in [0.3, 0.4) is 0 Å². The van der Waals surface area contributed by atoms with E-state index < -0.39 is 5.82 Å². The number of carbonyl (C=O) groups excluding carboxylic acids is 1. The Labute approximate surface area is 124 Å². The number of nitrogens with two attached hydrogens (primary N) is 1. The molecule has 2 rings (SSSR count). The number of likely N-dealkylation sites (tertiary alicyclic amines) is 1. The third kappa shape index (κ3) is 3.85. The van der Waals surface area contributed by atoms with Crippen LogP contribution >= 0.6 is 0 Å². The van der Waals surface area contributed by atoms with Crippen molar-refractivity contribution >= 4 is 6.03 Å². The van der Waals surface area contributed by atoms with E-state index in [4.69, 9.17) is 10.5 Å². The second-order valence-electron chi connectivity index (χ2n) is 5.21. The highest BCUT2D eigenvalue weighted by atomic mass is 19.1. The summed E-state index contributed by atoms with van der Waals surface area (Å²) in [6.07, 6.45) is 3.05. The molecule has 1 saturated heterocycles. The lowest BCUT2D eigenvalue weighted by Crippen LogP contribution is -2.51. The van der Waals surface area contributed by atoms with Gasteiger partial charge in [0.1, 0.15) is 0 Å². The van der Waals surface area contributed by atoms with Crippen LogP contribution in [0.5, 0.6) is 5.75 Å². The number of hydrogen-bond donors (Lipinski definition) is 2. The zero-order valence-corrected chi connectivity index (χ0v) is 12.3. The maximum absolute atomic E-state index is 13.6. The predicted molar refractivity (Wildman–Crippen MR) is 78.6 cm³/mol. The molecule has 1 heterocycles. The molecule has 0 spiro atoms. The van der Waals surface area contributed by atoms with Gasteiger partial charge in [0.25, 0.3) is 0 Å². The van der Waals surface area contributed by atoms with Gasteiger partial charge in [-0.1, -0.05) is 6.07 Å². The molecule has 1 aliphatic heterocycles. The SMILES string of the molecule is COc1ccc(CNC(=O)N2CCCCC2CN)cc1F. The lowest BCUT2D eigenvalue weighted by molar-refractivity contribution is 0.153. The minimum Gasteiger partial charge on any atom is -0.494 e. The Morgan fingerprint density at radius 1 is 1.52 bits per heavy atom. The smallest absolute Gasteiger partial charge is 0.317 e. The number of rotatable bonds is 4. The number of carbonyl (C=O) groups is 1. The Hall–Kier alpha value is -1.82. The number of ether oxygens (including phenoxy) is 1. The van der Waals surface area contributed by atoms with Gasteiger partial charge in [-0.05, 0) is 37.0 Å². The molecule has 0 bridgehead atoms. The van der Waals surface area contributed by atoms with E-state index in [1.807, 2.05) is 0 Å². The third-order valence-corrected chi connectivity index (χ3v) is 3.82.